The molecule has 2 heteroatoms. The summed E-state index contributed by atoms with van der Waals surface area (Å²) in [6.07, 6.45) is 4.12. The smallest absolute Gasteiger partial charge is 0.0526 e. The fourth-order valence-corrected chi connectivity index (χ4v) is 3.63. The number of hydrogen-bond acceptors (Lipinski definition) is 2. The molecule has 1 aliphatic heterocycles. The third kappa shape index (κ3) is 2.58. The van der Waals surface area contributed by atoms with Crippen LogP contribution in [0.5, 0.6) is 0 Å². The highest BCUT2D eigenvalue weighted by molar-refractivity contribution is 5.85. The number of nitrogens with zero attached hydrogens (tertiary/aromatic N) is 2. The average molecular weight is 325 g/mol. The van der Waals surface area contributed by atoms with Crippen molar-refractivity contribution in [3.05, 3.63) is 60.5 Å². The highest BCUT2D eigenvalue weighted by Gasteiger charge is 2.49. The van der Waals surface area contributed by atoms with Crippen LogP contribution < -0.4 is 4.90 Å². The van der Waals surface area contributed by atoms with Crippen molar-refractivity contribution < 1.29 is 0 Å². The summed E-state index contributed by atoms with van der Waals surface area (Å²) in [6.45, 7) is 20.7. The van der Waals surface area contributed by atoms with Crippen LogP contribution >= 0.6 is 0 Å². The van der Waals surface area contributed by atoms with Crippen LogP contribution in [0.3, 0.4) is 0 Å². The Morgan fingerprint density at radius 1 is 1.17 bits per heavy atom. The summed E-state index contributed by atoms with van der Waals surface area (Å²) < 4.78 is 0. The third-order valence-corrected chi connectivity index (χ3v) is 5.76. The predicted octanol–water partition coefficient (Wildman–Crippen LogP) is 5.43. The maximum absolute atomic E-state index is 4.22. The quantitative estimate of drug-likeness (QED) is 0.681. The molecule has 0 saturated carbocycles. The minimum Gasteiger partial charge on any atom is -0.382 e. The Balaban J connectivity index is 2.89. The van der Waals surface area contributed by atoms with Crippen molar-refractivity contribution in [2.75, 3.05) is 25.5 Å². The number of rotatable bonds is 4. The van der Waals surface area contributed by atoms with E-state index in [0.29, 0.717) is 0 Å². The Hall–Kier alpha value is -1.96. The lowest BCUT2D eigenvalue weighted by Crippen LogP contribution is -2.49. The van der Waals surface area contributed by atoms with Gasteiger partial charge in [0.15, 0.2) is 0 Å². The van der Waals surface area contributed by atoms with Crippen LogP contribution in [0, 0.1) is 5.41 Å². The molecule has 0 amide bonds. The van der Waals surface area contributed by atoms with Crippen molar-refractivity contribution >= 4 is 11.3 Å². The summed E-state index contributed by atoms with van der Waals surface area (Å²) in [6, 6.07) is 6.58. The fourth-order valence-electron chi connectivity index (χ4n) is 3.63. The molecule has 1 heterocycles. The van der Waals surface area contributed by atoms with Gasteiger partial charge in [-0.1, -0.05) is 65.1 Å². The van der Waals surface area contributed by atoms with Gasteiger partial charge in [-0.25, -0.2) is 0 Å². The van der Waals surface area contributed by atoms with Crippen molar-refractivity contribution in [1.82, 2.24) is 4.90 Å². The maximum atomic E-state index is 4.22. The second-order valence-electron chi connectivity index (χ2n) is 7.90. The largest absolute Gasteiger partial charge is 0.382 e. The van der Waals surface area contributed by atoms with Crippen molar-refractivity contribution in [2.24, 2.45) is 5.41 Å². The van der Waals surface area contributed by atoms with Gasteiger partial charge in [0.1, 0.15) is 0 Å². The summed E-state index contributed by atoms with van der Waals surface area (Å²) in [5.74, 6) is 0. The van der Waals surface area contributed by atoms with Crippen LogP contribution in [0.1, 0.15) is 45.7 Å². The molecule has 1 aromatic carbocycles. The third-order valence-electron chi connectivity index (χ3n) is 5.76. The minimum absolute atomic E-state index is 0.00725. The van der Waals surface area contributed by atoms with Crippen LogP contribution in [0.15, 0.2) is 49.3 Å². The first-order valence-corrected chi connectivity index (χ1v) is 8.71. The number of fused-ring (bicyclic) bond motifs is 1. The summed E-state index contributed by atoms with van der Waals surface area (Å²) in [4.78, 5) is 4.59. The average Bonchev–Trinajstić information content (AvgIpc) is 2.52. The monoisotopic (exact) mass is 324 g/mol. The van der Waals surface area contributed by atoms with Gasteiger partial charge in [0, 0.05) is 48.9 Å². The second kappa shape index (κ2) is 6.16. The van der Waals surface area contributed by atoms with Crippen LogP contribution in [0.4, 0.5) is 5.69 Å². The van der Waals surface area contributed by atoms with Gasteiger partial charge < -0.3 is 9.80 Å². The molecule has 0 saturated heterocycles. The molecule has 130 valence electrons. The molecule has 2 nitrogen and oxygen atoms in total. The summed E-state index contributed by atoms with van der Waals surface area (Å²) in [5, 5.41) is 0. The SMILES string of the molecule is C=CC(=C)c1cccc2c1N(CC)/C(=C\N(C)C)C(C)(C)C2(C)C. The first kappa shape index (κ1) is 18.4. The Labute approximate surface area is 148 Å². The van der Waals surface area contributed by atoms with Crippen LogP contribution in [0.25, 0.3) is 5.57 Å². The molecule has 0 aliphatic carbocycles. The van der Waals surface area contributed by atoms with Gasteiger partial charge in [-0.15, -0.1) is 0 Å². The van der Waals surface area contributed by atoms with Crippen molar-refractivity contribution in [2.45, 2.75) is 40.0 Å². The molecule has 1 aliphatic rings. The van der Waals surface area contributed by atoms with Gasteiger partial charge >= 0.3 is 0 Å². The molecule has 24 heavy (non-hydrogen) atoms. The van der Waals surface area contributed by atoms with E-state index in [1.54, 1.807) is 0 Å². The van der Waals surface area contributed by atoms with Gasteiger partial charge in [0.05, 0.1) is 5.69 Å². The van der Waals surface area contributed by atoms with Crippen LogP contribution in [-0.4, -0.2) is 25.5 Å². The molecule has 0 atom stereocenters. The highest BCUT2D eigenvalue weighted by Crippen LogP contribution is 2.56. The van der Waals surface area contributed by atoms with Crippen molar-refractivity contribution in [1.29, 1.82) is 0 Å². The first-order valence-electron chi connectivity index (χ1n) is 8.71. The molecule has 0 N–H and O–H groups in total. The normalized spacial score (nSPS) is 19.8. The maximum Gasteiger partial charge on any atom is 0.0526 e. The van der Waals surface area contributed by atoms with Crippen molar-refractivity contribution in [3.8, 4) is 0 Å². The molecule has 0 bridgehead atoms. The molecule has 0 radical (unpaired) electrons. The molecule has 0 spiro atoms. The van der Waals surface area contributed by atoms with E-state index in [1.807, 2.05) is 6.08 Å². The molecule has 0 unspecified atom stereocenters. The zero-order valence-corrected chi connectivity index (χ0v) is 16.4. The Kier molecular flexibility index (Phi) is 4.72. The van der Waals surface area contributed by atoms with Crippen LogP contribution in [-0.2, 0) is 5.41 Å². The number of benzene rings is 1. The van der Waals surface area contributed by atoms with E-state index in [-0.39, 0.29) is 10.8 Å². The van der Waals surface area contributed by atoms with E-state index in [2.05, 4.69) is 96.1 Å². The second-order valence-corrected chi connectivity index (χ2v) is 7.90. The summed E-state index contributed by atoms with van der Waals surface area (Å²) in [7, 11) is 4.18. The van der Waals surface area contributed by atoms with E-state index in [4.69, 9.17) is 0 Å². The fraction of sp³-hybridized carbons (Fsp3) is 0.455. The molecule has 0 aromatic heterocycles. The van der Waals surface area contributed by atoms with E-state index in [1.165, 1.54) is 22.5 Å². The number of allylic oxidation sites excluding steroid dienone is 3. The van der Waals surface area contributed by atoms with Gasteiger partial charge in [0.2, 0.25) is 0 Å². The molecule has 1 aromatic rings. The van der Waals surface area contributed by atoms with Gasteiger partial charge in [-0.3, -0.25) is 0 Å². The lowest BCUT2D eigenvalue weighted by Gasteiger charge is -2.54. The van der Waals surface area contributed by atoms with Crippen molar-refractivity contribution in [3.63, 3.8) is 0 Å². The lowest BCUT2D eigenvalue weighted by molar-refractivity contribution is 0.228. The Bertz CT molecular complexity index is 690. The predicted molar refractivity (Wildman–Crippen MR) is 107 cm³/mol. The molecular formula is C22H32N2. The standard InChI is InChI=1S/C22H32N2/c1-10-16(3)17-13-12-14-18-20(17)24(11-2)19(15-23(8)9)22(6,7)21(18,4)5/h10,12-15H,1,3,11H2,2,4-9H3/b19-15-. The van der Waals surface area contributed by atoms with Gasteiger partial charge in [-0.2, -0.15) is 0 Å². The summed E-state index contributed by atoms with van der Waals surface area (Å²) in [5.41, 5.74) is 6.18. The molecule has 0 fully saturated rings. The van der Waals surface area contributed by atoms with Crippen LogP contribution in [0.2, 0.25) is 0 Å². The van der Waals surface area contributed by atoms with E-state index >= 15 is 0 Å². The molecule has 2 rings (SSSR count). The number of para-hydroxylation sites is 1. The zero-order chi connectivity index (χ0) is 18.3. The Morgan fingerprint density at radius 3 is 2.29 bits per heavy atom. The summed E-state index contributed by atoms with van der Waals surface area (Å²) >= 11 is 0. The van der Waals surface area contributed by atoms with Gasteiger partial charge in [0.25, 0.3) is 0 Å². The highest BCUT2D eigenvalue weighted by atomic mass is 15.2. The minimum atomic E-state index is 0.00725. The number of anilines is 1. The number of hydrogen-bond donors (Lipinski definition) is 0. The Morgan fingerprint density at radius 2 is 1.79 bits per heavy atom. The van der Waals surface area contributed by atoms with Gasteiger partial charge in [-0.05, 0) is 18.1 Å². The first-order chi connectivity index (χ1) is 11.1. The topological polar surface area (TPSA) is 6.48 Å². The van der Waals surface area contributed by atoms with E-state index in [0.717, 1.165) is 12.1 Å². The van der Waals surface area contributed by atoms with E-state index < -0.39 is 0 Å². The zero-order valence-electron chi connectivity index (χ0n) is 16.4. The molecular weight excluding hydrogens is 292 g/mol. The van der Waals surface area contributed by atoms with E-state index in [9.17, 15) is 0 Å². The lowest BCUT2D eigenvalue weighted by atomic mass is 9.59.